The van der Waals surface area contributed by atoms with E-state index in [1.54, 1.807) is 17.5 Å². The van der Waals surface area contributed by atoms with Gasteiger partial charge in [0, 0.05) is 11.6 Å². The van der Waals surface area contributed by atoms with E-state index in [1.807, 2.05) is 17.5 Å². The van der Waals surface area contributed by atoms with Crippen LogP contribution in [0.3, 0.4) is 0 Å². The topological polar surface area (TPSA) is 25.8 Å². The van der Waals surface area contributed by atoms with Gasteiger partial charge in [0.1, 0.15) is 9.63 Å². The van der Waals surface area contributed by atoms with Crippen LogP contribution in [0.15, 0.2) is 37.7 Å². The Labute approximate surface area is 103 Å². The zero-order valence-electron chi connectivity index (χ0n) is 6.78. The molecule has 2 aromatic heterocycles. The average molecular weight is 308 g/mol. The third kappa shape index (κ3) is 2.70. The normalized spacial score (nSPS) is 10.4. The molecule has 2 aromatic rings. The highest BCUT2D eigenvalue weighted by atomic mass is 79.9. The zero-order valence-corrected chi connectivity index (χ0v) is 10.8. The van der Waals surface area contributed by atoms with Gasteiger partial charge in [-0.15, -0.1) is 11.3 Å². The highest BCUT2D eigenvalue weighted by Crippen LogP contribution is 2.30. The standard InChI is InChI=1S/C8H4BrClN2S2/c9-6-4-13-8(12-6)14-7-2-1-5(10)3-11-7/h1-4H. The fourth-order valence-electron chi connectivity index (χ4n) is 0.798. The van der Waals surface area contributed by atoms with Crippen LogP contribution in [0.2, 0.25) is 5.02 Å². The zero-order chi connectivity index (χ0) is 9.97. The van der Waals surface area contributed by atoms with Gasteiger partial charge in [0.05, 0.1) is 5.02 Å². The van der Waals surface area contributed by atoms with Gasteiger partial charge in [-0.25, -0.2) is 9.97 Å². The molecule has 0 aromatic carbocycles. The van der Waals surface area contributed by atoms with E-state index in [4.69, 9.17) is 11.6 Å². The molecule has 0 amide bonds. The number of hydrogen-bond donors (Lipinski definition) is 0. The van der Waals surface area contributed by atoms with Crippen LogP contribution in [0.1, 0.15) is 0 Å². The van der Waals surface area contributed by atoms with Crippen molar-refractivity contribution < 1.29 is 0 Å². The smallest absolute Gasteiger partial charge is 0.157 e. The van der Waals surface area contributed by atoms with Crippen molar-refractivity contribution in [2.24, 2.45) is 0 Å². The van der Waals surface area contributed by atoms with Crippen molar-refractivity contribution in [1.29, 1.82) is 0 Å². The monoisotopic (exact) mass is 306 g/mol. The van der Waals surface area contributed by atoms with Crippen molar-refractivity contribution in [3.8, 4) is 0 Å². The summed E-state index contributed by atoms with van der Waals surface area (Å²) < 4.78 is 1.82. The number of thiazole rings is 1. The van der Waals surface area contributed by atoms with Gasteiger partial charge >= 0.3 is 0 Å². The molecule has 0 aliphatic heterocycles. The van der Waals surface area contributed by atoms with E-state index >= 15 is 0 Å². The van der Waals surface area contributed by atoms with Crippen molar-refractivity contribution >= 4 is 50.6 Å². The molecule has 0 spiro atoms. The molecule has 0 N–H and O–H groups in total. The fraction of sp³-hybridized carbons (Fsp3) is 0. The summed E-state index contributed by atoms with van der Waals surface area (Å²) in [5.74, 6) is 0. The lowest BCUT2D eigenvalue weighted by Crippen LogP contribution is -1.77. The van der Waals surface area contributed by atoms with Gasteiger partial charge in [-0.2, -0.15) is 0 Å². The molecule has 2 nitrogen and oxygen atoms in total. The summed E-state index contributed by atoms with van der Waals surface area (Å²) in [6.45, 7) is 0. The van der Waals surface area contributed by atoms with E-state index in [1.165, 1.54) is 11.8 Å². The molecule has 0 radical (unpaired) electrons. The number of rotatable bonds is 2. The molecule has 0 fully saturated rings. The quantitative estimate of drug-likeness (QED) is 0.835. The summed E-state index contributed by atoms with van der Waals surface area (Å²) in [7, 11) is 0. The maximum Gasteiger partial charge on any atom is 0.157 e. The second-order valence-electron chi connectivity index (χ2n) is 2.35. The molecular formula is C8H4BrClN2S2. The first kappa shape index (κ1) is 10.4. The fourth-order valence-corrected chi connectivity index (χ4v) is 3.16. The summed E-state index contributed by atoms with van der Waals surface area (Å²) >= 11 is 12.1. The molecule has 6 heteroatoms. The predicted molar refractivity (Wildman–Crippen MR) is 63.2 cm³/mol. The van der Waals surface area contributed by atoms with Crippen LogP contribution in [0.5, 0.6) is 0 Å². The Morgan fingerprint density at radius 1 is 1.43 bits per heavy atom. The van der Waals surface area contributed by atoms with Gasteiger partial charge < -0.3 is 0 Å². The minimum absolute atomic E-state index is 0.648. The summed E-state index contributed by atoms with van der Waals surface area (Å²) in [6.07, 6.45) is 1.63. The summed E-state index contributed by atoms with van der Waals surface area (Å²) in [4.78, 5) is 8.42. The van der Waals surface area contributed by atoms with Crippen molar-refractivity contribution in [3.63, 3.8) is 0 Å². The Morgan fingerprint density at radius 3 is 2.86 bits per heavy atom. The minimum Gasteiger partial charge on any atom is -0.248 e. The molecule has 2 rings (SSSR count). The molecule has 0 saturated heterocycles. The SMILES string of the molecule is Clc1ccc(Sc2nc(Br)cs2)nc1. The van der Waals surface area contributed by atoms with E-state index in [0.29, 0.717) is 5.02 Å². The van der Waals surface area contributed by atoms with Crippen molar-refractivity contribution in [1.82, 2.24) is 9.97 Å². The predicted octanol–water partition coefficient (Wildman–Crippen LogP) is 4.11. The number of halogens is 2. The first-order valence-corrected chi connectivity index (χ1v) is 6.51. The number of pyridine rings is 1. The number of hydrogen-bond acceptors (Lipinski definition) is 4. The molecule has 72 valence electrons. The Kier molecular flexibility index (Phi) is 3.43. The Hall–Kier alpha value is -0.100. The average Bonchev–Trinajstić information content (AvgIpc) is 2.56. The molecule has 14 heavy (non-hydrogen) atoms. The third-order valence-electron chi connectivity index (χ3n) is 1.35. The molecule has 0 aliphatic rings. The Morgan fingerprint density at radius 2 is 2.29 bits per heavy atom. The van der Waals surface area contributed by atoms with Crippen molar-refractivity contribution in [2.75, 3.05) is 0 Å². The van der Waals surface area contributed by atoms with Gasteiger partial charge in [0.25, 0.3) is 0 Å². The van der Waals surface area contributed by atoms with E-state index in [9.17, 15) is 0 Å². The minimum atomic E-state index is 0.648. The van der Waals surface area contributed by atoms with E-state index in [-0.39, 0.29) is 0 Å². The number of nitrogens with zero attached hydrogens (tertiary/aromatic N) is 2. The molecule has 0 saturated carbocycles. The van der Waals surface area contributed by atoms with Crippen LogP contribution >= 0.6 is 50.6 Å². The molecule has 0 atom stereocenters. The molecule has 0 bridgehead atoms. The maximum absolute atomic E-state index is 5.73. The second-order valence-corrected chi connectivity index (χ2v) is 5.73. The summed E-state index contributed by atoms with van der Waals surface area (Å²) in [5, 5.41) is 3.49. The van der Waals surface area contributed by atoms with Gasteiger partial charge in [-0.1, -0.05) is 11.6 Å². The van der Waals surface area contributed by atoms with E-state index < -0.39 is 0 Å². The molecule has 0 unspecified atom stereocenters. The highest BCUT2D eigenvalue weighted by Gasteiger charge is 2.02. The maximum atomic E-state index is 5.73. The first-order chi connectivity index (χ1) is 6.74. The van der Waals surface area contributed by atoms with Crippen molar-refractivity contribution in [2.45, 2.75) is 9.37 Å². The van der Waals surface area contributed by atoms with Crippen LogP contribution in [0.25, 0.3) is 0 Å². The van der Waals surface area contributed by atoms with Gasteiger partial charge in [-0.05, 0) is 39.8 Å². The van der Waals surface area contributed by atoms with Crippen LogP contribution < -0.4 is 0 Å². The Bertz CT molecular complexity index is 429. The van der Waals surface area contributed by atoms with Crippen LogP contribution in [-0.2, 0) is 0 Å². The largest absolute Gasteiger partial charge is 0.248 e. The Balaban J connectivity index is 2.15. The number of aromatic nitrogens is 2. The third-order valence-corrected chi connectivity index (χ3v) is 4.17. The van der Waals surface area contributed by atoms with Crippen LogP contribution in [0.4, 0.5) is 0 Å². The highest BCUT2D eigenvalue weighted by molar-refractivity contribution is 9.10. The van der Waals surface area contributed by atoms with Crippen LogP contribution in [0, 0.1) is 0 Å². The second kappa shape index (κ2) is 4.61. The molecule has 0 aliphatic carbocycles. The first-order valence-electron chi connectivity index (χ1n) is 3.64. The van der Waals surface area contributed by atoms with E-state index in [2.05, 4.69) is 25.9 Å². The molecule has 2 heterocycles. The lowest BCUT2D eigenvalue weighted by Gasteiger charge is -1.95. The van der Waals surface area contributed by atoms with Crippen molar-refractivity contribution in [3.05, 3.63) is 33.3 Å². The van der Waals surface area contributed by atoms with Crippen LogP contribution in [-0.4, -0.2) is 9.97 Å². The molecular weight excluding hydrogens is 304 g/mol. The van der Waals surface area contributed by atoms with Gasteiger partial charge in [0.15, 0.2) is 4.34 Å². The van der Waals surface area contributed by atoms with Gasteiger partial charge in [-0.3, -0.25) is 0 Å². The van der Waals surface area contributed by atoms with Gasteiger partial charge in [0.2, 0.25) is 0 Å². The lowest BCUT2D eigenvalue weighted by molar-refractivity contribution is 1.12. The summed E-state index contributed by atoms with van der Waals surface area (Å²) in [6, 6.07) is 3.70. The summed E-state index contributed by atoms with van der Waals surface area (Å²) in [5.41, 5.74) is 0. The van der Waals surface area contributed by atoms with E-state index in [0.717, 1.165) is 14.0 Å². The lowest BCUT2D eigenvalue weighted by atomic mass is 10.5.